The second-order valence-electron chi connectivity index (χ2n) is 5.88. The minimum absolute atomic E-state index is 0.651. The maximum atomic E-state index is 5.21. The summed E-state index contributed by atoms with van der Waals surface area (Å²) in [6.45, 7) is 5.35. The summed E-state index contributed by atoms with van der Waals surface area (Å²) < 4.78 is 7.50. The molecule has 0 spiro atoms. The average molecular weight is 309 g/mol. The van der Waals surface area contributed by atoms with Crippen LogP contribution in [0.15, 0.2) is 66.9 Å². The van der Waals surface area contributed by atoms with E-state index < -0.39 is 0 Å². The van der Waals surface area contributed by atoms with Gasteiger partial charge in [0, 0.05) is 24.9 Å². The van der Waals surface area contributed by atoms with Gasteiger partial charge in [0.25, 0.3) is 0 Å². The van der Waals surface area contributed by atoms with Crippen LogP contribution >= 0.6 is 0 Å². The van der Waals surface area contributed by atoms with Gasteiger partial charge in [-0.05, 0) is 35.7 Å². The molecular formula is C21H27NO. The number of aromatic nitrogens is 1. The van der Waals surface area contributed by atoms with Crippen LogP contribution in [0, 0.1) is 5.92 Å². The van der Waals surface area contributed by atoms with Crippen molar-refractivity contribution in [3.8, 4) is 5.75 Å². The summed E-state index contributed by atoms with van der Waals surface area (Å²) in [5.41, 5.74) is 2.61. The van der Waals surface area contributed by atoms with Crippen molar-refractivity contribution in [2.45, 2.75) is 33.2 Å². The van der Waals surface area contributed by atoms with Crippen LogP contribution < -0.4 is 4.74 Å². The van der Waals surface area contributed by atoms with Crippen molar-refractivity contribution in [1.82, 2.24) is 4.57 Å². The van der Waals surface area contributed by atoms with Crippen LogP contribution in [0.25, 0.3) is 0 Å². The highest BCUT2D eigenvalue weighted by Gasteiger charge is 2.01. The van der Waals surface area contributed by atoms with Crippen molar-refractivity contribution in [1.29, 1.82) is 0 Å². The van der Waals surface area contributed by atoms with Crippen LogP contribution in [0.4, 0.5) is 0 Å². The molecular weight excluding hydrogens is 282 g/mol. The van der Waals surface area contributed by atoms with Crippen LogP contribution in [0.3, 0.4) is 0 Å². The predicted octanol–water partition coefficient (Wildman–Crippen LogP) is 5.25. The van der Waals surface area contributed by atoms with Crippen molar-refractivity contribution in [2.24, 2.45) is 5.92 Å². The van der Waals surface area contributed by atoms with Gasteiger partial charge in [0.1, 0.15) is 5.75 Å². The Balaban J connectivity index is 1.93. The molecule has 0 bridgehead atoms. The molecule has 23 heavy (non-hydrogen) atoms. The molecule has 1 aromatic carbocycles. The number of hydrogen-bond acceptors (Lipinski definition) is 1. The Hall–Kier alpha value is -2.22. The lowest BCUT2D eigenvalue weighted by molar-refractivity contribution is 0.414. The smallest absolute Gasteiger partial charge is 0.118 e. The zero-order valence-corrected chi connectivity index (χ0v) is 14.4. The first-order valence-corrected chi connectivity index (χ1v) is 8.33. The molecule has 0 unspecified atom stereocenters. The molecule has 0 saturated carbocycles. The van der Waals surface area contributed by atoms with Crippen molar-refractivity contribution in [2.75, 3.05) is 7.11 Å². The summed E-state index contributed by atoms with van der Waals surface area (Å²) in [6, 6.07) is 12.6. The molecule has 2 rings (SSSR count). The van der Waals surface area contributed by atoms with Gasteiger partial charge in [-0.2, -0.15) is 0 Å². The Morgan fingerprint density at radius 3 is 2.61 bits per heavy atom. The third kappa shape index (κ3) is 5.48. The van der Waals surface area contributed by atoms with E-state index in [1.54, 1.807) is 7.11 Å². The first-order valence-electron chi connectivity index (χ1n) is 8.33. The molecule has 0 aliphatic heterocycles. The van der Waals surface area contributed by atoms with Crippen LogP contribution in [0.2, 0.25) is 0 Å². The van der Waals surface area contributed by atoms with E-state index in [1.807, 2.05) is 12.1 Å². The fraction of sp³-hybridized carbons (Fsp3) is 0.333. The van der Waals surface area contributed by atoms with Gasteiger partial charge in [0.2, 0.25) is 0 Å². The second-order valence-corrected chi connectivity index (χ2v) is 5.88. The largest absolute Gasteiger partial charge is 0.497 e. The molecule has 1 aromatic heterocycles. The van der Waals surface area contributed by atoms with E-state index >= 15 is 0 Å². The van der Waals surface area contributed by atoms with E-state index in [4.69, 9.17) is 4.74 Å². The van der Waals surface area contributed by atoms with Crippen molar-refractivity contribution in [3.05, 3.63) is 78.2 Å². The molecule has 0 radical (unpaired) electrons. The highest BCUT2D eigenvalue weighted by Crippen LogP contribution is 2.14. The quantitative estimate of drug-likeness (QED) is 0.608. The minimum Gasteiger partial charge on any atom is -0.497 e. The number of nitrogens with zero attached hydrogens (tertiary/aromatic N) is 1. The zero-order chi connectivity index (χ0) is 16.5. The predicted molar refractivity (Wildman–Crippen MR) is 98.0 cm³/mol. The third-order valence-electron chi connectivity index (χ3n) is 4.09. The van der Waals surface area contributed by atoms with Crippen molar-refractivity contribution >= 4 is 0 Å². The van der Waals surface area contributed by atoms with Gasteiger partial charge in [-0.25, -0.2) is 0 Å². The lowest BCUT2D eigenvalue weighted by Crippen LogP contribution is -2.02. The zero-order valence-electron chi connectivity index (χ0n) is 14.4. The number of allylic oxidation sites excluding steroid dienone is 4. The summed E-state index contributed by atoms with van der Waals surface area (Å²) >= 11 is 0. The van der Waals surface area contributed by atoms with Crippen LogP contribution in [0.1, 0.15) is 31.5 Å². The van der Waals surface area contributed by atoms with Gasteiger partial charge in [0.15, 0.2) is 0 Å². The maximum Gasteiger partial charge on any atom is 0.118 e. The number of hydrogen-bond donors (Lipinski definition) is 0. The van der Waals surface area contributed by atoms with E-state index in [2.05, 4.69) is 73.2 Å². The third-order valence-corrected chi connectivity index (χ3v) is 4.09. The van der Waals surface area contributed by atoms with Crippen LogP contribution in [-0.4, -0.2) is 11.7 Å². The molecule has 0 N–H and O–H groups in total. The van der Waals surface area contributed by atoms with Gasteiger partial charge in [-0.3, -0.25) is 0 Å². The first kappa shape index (κ1) is 17.1. The Morgan fingerprint density at radius 2 is 1.91 bits per heavy atom. The fourth-order valence-corrected chi connectivity index (χ4v) is 2.37. The first-order chi connectivity index (χ1) is 11.2. The molecule has 1 heterocycles. The fourth-order valence-electron chi connectivity index (χ4n) is 2.37. The Bertz CT molecular complexity index is 634. The Kier molecular flexibility index (Phi) is 6.74. The molecule has 122 valence electrons. The van der Waals surface area contributed by atoms with E-state index in [9.17, 15) is 0 Å². The number of ether oxygens (including phenoxy) is 1. The van der Waals surface area contributed by atoms with Crippen LogP contribution in [-0.2, 0) is 13.0 Å². The van der Waals surface area contributed by atoms with Gasteiger partial charge in [0.05, 0.1) is 7.11 Å². The van der Waals surface area contributed by atoms with Crippen LogP contribution in [0.5, 0.6) is 5.75 Å². The maximum absolute atomic E-state index is 5.21. The average Bonchev–Trinajstić information content (AvgIpc) is 3.02. The molecule has 0 aliphatic carbocycles. The molecule has 2 heteroatoms. The monoisotopic (exact) mass is 309 g/mol. The topological polar surface area (TPSA) is 14.2 Å². The van der Waals surface area contributed by atoms with Gasteiger partial charge in [-0.15, -0.1) is 0 Å². The SMILES string of the molecule is CC[C@H](C)/C=C/C=C\Cc1cccn1Cc1ccc(OC)cc1. The lowest BCUT2D eigenvalue weighted by Gasteiger charge is -2.09. The molecule has 0 saturated heterocycles. The molecule has 0 amide bonds. The highest BCUT2D eigenvalue weighted by molar-refractivity contribution is 5.28. The van der Waals surface area contributed by atoms with E-state index in [-0.39, 0.29) is 0 Å². The number of methoxy groups -OCH3 is 1. The Labute approximate surface area is 140 Å². The summed E-state index contributed by atoms with van der Waals surface area (Å²) in [7, 11) is 1.70. The molecule has 2 aromatic rings. The molecule has 0 aliphatic rings. The molecule has 0 fully saturated rings. The van der Waals surface area contributed by atoms with E-state index in [0.29, 0.717) is 5.92 Å². The summed E-state index contributed by atoms with van der Waals surface area (Å²) in [4.78, 5) is 0. The normalized spacial score (nSPS) is 13.0. The molecule has 1 atom stereocenters. The van der Waals surface area contributed by atoms with Gasteiger partial charge < -0.3 is 9.30 Å². The highest BCUT2D eigenvalue weighted by atomic mass is 16.5. The van der Waals surface area contributed by atoms with Crippen molar-refractivity contribution in [3.63, 3.8) is 0 Å². The Morgan fingerprint density at radius 1 is 1.13 bits per heavy atom. The lowest BCUT2D eigenvalue weighted by atomic mass is 10.1. The van der Waals surface area contributed by atoms with E-state index in [1.165, 1.54) is 17.7 Å². The van der Waals surface area contributed by atoms with Gasteiger partial charge >= 0.3 is 0 Å². The number of rotatable bonds is 8. The summed E-state index contributed by atoms with van der Waals surface area (Å²) in [5.74, 6) is 1.55. The summed E-state index contributed by atoms with van der Waals surface area (Å²) in [6.07, 6.45) is 13.1. The standard InChI is InChI=1S/C21H27NO/c1-4-18(2)9-6-5-7-10-20-11-8-16-22(20)17-19-12-14-21(23-3)15-13-19/h5-9,11-16,18H,4,10,17H2,1-3H3/b7-5-,9-6+/t18-/m0/s1. The second kappa shape index (κ2) is 9.04. The minimum atomic E-state index is 0.651. The molecule has 2 nitrogen and oxygen atoms in total. The number of benzene rings is 1. The van der Waals surface area contributed by atoms with E-state index in [0.717, 1.165) is 18.7 Å². The summed E-state index contributed by atoms with van der Waals surface area (Å²) in [5, 5.41) is 0. The van der Waals surface area contributed by atoms with Crippen molar-refractivity contribution < 1.29 is 4.74 Å². The van der Waals surface area contributed by atoms with Gasteiger partial charge in [-0.1, -0.05) is 56.7 Å².